The van der Waals surface area contributed by atoms with Crippen LogP contribution in [0.2, 0.25) is 0 Å². The van der Waals surface area contributed by atoms with Gasteiger partial charge in [-0.05, 0) is 51.0 Å². The van der Waals surface area contributed by atoms with Gasteiger partial charge in [0.05, 0.1) is 41.9 Å². The van der Waals surface area contributed by atoms with E-state index in [9.17, 15) is 14.4 Å². The molecule has 2 atom stereocenters. The predicted molar refractivity (Wildman–Crippen MR) is 177 cm³/mol. The molecule has 16 heteroatoms. The van der Waals surface area contributed by atoms with E-state index in [1.807, 2.05) is 61.3 Å². The summed E-state index contributed by atoms with van der Waals surface area (Å²) in [4.78, 5) is 46.3. The van der Waals surface area contributed by atoms with Crippen LogP contribution in [0.15, 0.2) is 24.3 Å². The molecular weight excluding hydrogens is 579 g/mol. The van der Waals surface area contributed by atoms with E-state index in [1.54, 1.807) is 19.2 Å². The second-order valence-corrected chi connectivity index (χ2v) is 13.4. The number of morpholine rings is 1. The molecule has 1 aliphatic heterocycles. The number of aryl methyl sites for hydroxylation is 1. The molecule has 5 rings (SSSR count). The number of amides is 3. The zero-order chi connectivity index (χ0) is 31.8. The molecule has 3 heterocycles. The summed E-state index contributed by atoms with van der Waals surface area (Å²) in [7, 11) is 7.17. The lowest BCUT2D eigenvalue weighted by atomic mass is 9.49. The number of thiazole rings is 1. The number of carbonyl (C=O) groups excluding carboxylic acids is 3. The first kappa shape index (κ1) is 31.5. The number of aromatic nitrogens is 3. The number of hydrogen-bond acceptors (Lipinski definition) is 10. The molecule has 3 N–H and O–H groups in total. The van der Waals surface area contributed by atoms with Crippen LogP contribution in [0, 0.1) is 12.8 Å². The molecular formula is C28H36B3N7O5S. The molecule has 3 aromatic rings. The number of nitrogens with one attached hydrogen (secondary N) is 3. The molecule has 0 bridgehead atoms. The number of nitrogens with zero attached hydrogens (tertiary/aromatic N) is 4. The fourth-order valence-electron chi connectivity index (χ4n) is 5.06. The zero-order valence-electron chi connectivity index (χ0n) is 26.1. The molecule has 228 valence electrons. The lowest BCUT2D eigenvalue weighted by Gasteiger charge is -2.35. The minimum absolute atomic E-state index is 0.0255. The molecule has 1 saturated heterocycles. The summed E-state index contributed by atoms with van der Waals surface area (Å²) < 4.78 is 11.7. The van der Waals surface area contributed by atoms with Gasteiger partial charge in [0, 0.05) is 25.1 Å². The van der Waals surface area contributed by atoms with Crippen LogP contribution in [0.1, 0.15) is 52.5 Å². The summed E-state index contributed by atoms with van der Waals surface area (Å²) in [6.07, 6.45) is 1.60. The zero-order valence-corrected chi connectivity index (χ0v) is 26.9. The Kier molecular flexibility index (Phi) is 9.03. The van der Waals surface area contributed by atoms with Gasteiger partial charge >= 0.3 is 0 Å². The Bertz CT molecular complexity index is 1580. The van der Waals surface area contributed by atoms with Crippen molar-refractivity contribution in [3.05, 3.63) is 40.5 Å². The Labute approximate surface area is 263 Å². The van der Waals surface area contributed by atoms with E-state index in [2.05, 4.69) is 26.1 Å². The average molecular weight is 615 g/mol. The SMILES string of the molecule is BC(B)(B)NC(=O)c1nnc(NC(=O)C2CC2)cc1Nc1cccc(-c2nc(C)c(C(=O)N3C[C@@H](C)O[C@@H](C)C3)s2)c1OC. The summed E-state index contributed by atoms with van der Waals surface area (Å²) in [5.41, 5.74) is 2.25. The van der Waals surface area contributed by atoms with Crippen molar-refractivity contribution in [2.45, 2.75) is 51.1 Å². The highest BCUT2D eigenvalue weighted by molar-refractivity contribution is 7.17. The van der Waals surface area contributed by atoms with Gasteiger partial charge in [0.1, 0.15) is 33.4 Å². The largest absolute Gasteiger partial charge is 0.494 e. The molecule has 0 radical (unpaired) electrons. The lowest BCUT2D eigenvalue weighted by Crippen LogP contribution is -2.50. The second kappa shape index (κ2) is 12.6. The normalized spacial score (nSPS) is 18.4. The van der Waals surface area contributed by atoms with Gasteiger partial charge in [-0.25, -0.2) is 4.98 Å². The second-order valence-electron chi connectivity index (χ2n) is 12.4. The van der Waals surface area contributed by atoms with Gasteiger partial charge in [0.2, 0.25) is 5.91 Å². The molecule has 44 heavy (non-hydrogen) atoms. The van der Waals surface area contributed by atoms with Crippen molar-refractivity contribution in [1.29, 1.82) is 0 Å². The van der Waals surface area contributed by atoms with E-state index in [-0.39, 0.29) is 41.5 Å². The molecule has 3 amide bonds. The number of hydrogen-bond donors (Lipinski definition) is 3. The maximum atomic E-state index is 13.5. The van der Waals surface area contributed by atoms with Crippen molar-refractivity contribution in [3.63, 3.8) is 0 Å². The van der Waals surface area contributed by atoms with Crippen molar-refractivity contribution in [3.8, 4) is 16.3 Å². The van der Waals surface area contributed by atoms with E-state index in [0.717, 1.165) is 12.8 Å². The smallest absolute Gasteiger partial charge is 0.272 e. The highest BCUT2D eigenvalue weighted by atomic mass is 32.1. The fraction of sp³-hybridized carbons (Fsp3) is 0.429. The minimum atomic E-state index is -0.512. The predicted octanol–water partition coefficient (Wildman–Crippen LogP) is 0.499. The summed E-state index contributed by atoms with van der Waals surface area (Å²) in [6, 6.07) is 7.10. The maximum Gasteiger partial charge on any atom is 0.272 e. The lowest BCUT2D eigenvalue weighted by molar-refractivity contribution is -0.117. The molecule has 12 nitrogen and oxygen atoms in total. The van der Waals surface area contributed by atoms with E-state index in [4.69, 9.17) is 14.5 Å². The molecule has 1 aromatic carbocycles. The number of anilines is 3. The van der Waals surface area contributed by atoms with Gasteiger partial charge in [-0.15, -0.1) is 21.5 Å². The molecule has 0 unspecified atom stereocenters. The Hall–Kier alpha value is -3.91. The van der Waals surface area contributed by atoms with Crippen LogP contribution in [0.3, 0.4) is 0 Å². The van der Waals surface area contributed by atoms with Crippen LogP contribution >= 0.6 is 11.3 Å². The van der Waals surface area contributed by atoms with Gasteiger partial charge < -0.3 is 30.3 Å². The molecule has 1 saturated carbocycles. The number of carbonyl (C=O) groups is 3. The van der Waals surface area contributed by atoms with Crippen LogP contribution in [0.5, 0.6) is 5.75 Å². The Morgan fingerprint density at radius 3 is 2.43 bits per heavy atom. The first-order valence-corrected chi connectivity index (χ1v) is 15.5. The van der Waals surface area contributed by atoms with Gasteiger partial charge in [-0.2, -0.15) is 0 Å². The number of rotatable bonds is 9. The topological polar surface area (TPSA) is 148 Å². The number of para-hydroxylation sites is 1. The Morgan fingerprint density at radius 2 is 1.80 bits per heavy atom. The first-order valence-electron chi connectivity index (χ1n) is 14.7. The number of methoxy groups -OCH3 is 1. The number of ether oxygens (including phenoxy) is 2. The monoisotopic (exact) mass is 615 g/mol. The summed E-state index contributed by atoms with van der Waals surface area (Å²) in [6.45, 7) is 6.80. The van der Waals surface area contributed by atoms with Crippen molar-refractivity contribution in [2.24, 2.45) is 5.92 Å². The average Bonchev–Trinajstić information content (AvgIpc) is 3.73. The van der Waals surface area contributed by atoms with E-state index >= 15 is 0 Å². The Morgan fingerprint density at radius 1 is 1.09 bits per heavy atom. The van der Waals surface area contributed by atoms with Crippen molar-refractivity contribution < 1.29 is 23.9 Å². The standard InChI is InChI=1S/C28H36B3N7O5S/c1-13-11-38(12-14(2)43-13)27(41)23-15(3)32-26(44-23)17-6-5-7-18(22(17)42-4)33-19-10-20(34-24(39)16-8-9-16)36-37-21(19)25(40)35-28(29,30)31/h5-7,10,13-14,16H,8-9,11-12,29-31H2,1-4H3,(H,35,40)(H2,33,34,36,39)/t13-,14+. The third kappa shape index (κ3) is 7.24. The van der Waals surface area contributed by atoms with Crippen LogP contribution in [-0.4, -0.2) is 99.0 Å². The molecule has 1 aliphatic carbocycles. The Balaban J connectivity index is 1.48. The van der Waals surface area contributed by atoms with Crippen LogP contribution in [0.4, 0.5) is 17.2 Å². The molecule has 2 fully saturated rings. The highest BCUT2D eigenvalue weighted by Crippen LogP contribution is 2.41. The van der Waals surface area contributed by atoms with Crippen molar-refractivity contribution >= 4 is 69.8 Å². The quantitative estimate of drug-likeness (QED) is 0.293. The van der Waals surface area contributed by atoms with E-state index < -0.39 is 11.1 Å². The van der Waals surface area contributed by atoms with Gasteiger partial charge in [0.25, 0.3) is 11.8 Å². The van der Waals surface area contributed by atoms with E-state index in [1.165, 1.54) is 11.3 Å². The molecule has 2 aromatic heterocycles. The van der Waals surface area contributed by atoms with Crippen molar-refractivity contribution in [1.82, 2.24) is 25.4 Å². The molecule has 0 spiro atoms. The van der Waals surface area contributed by atoms with Gasteiger partial charge in [0.15, 0.2) is 17.3 Å². The minimum Gasteiger partial charge on any atom is -0.494 e. The van der Waals surface area contributed by atoms with Crippen molar-refractivity contribution in [2.75, 3.05) is 30.8 Å². The van der Waals surface area contributed by atoms with Crippen LogP contribution in [0.25, 0.3) is 10.6 Å². The fourth-order valence-corrected chi connectivity index (χ4v) is 6.11. The van der Waals surface area contributed by atoms with Crippen LogP contribution < -0.4 is 20.7 Å². The maximum absolute atomic E-state index is 13.5. The van der Waals surface area contributed by atoms with Gasteiger partial charge in [-0.1, -0.05) is 6.07 Å². The highest BCUT2D eigenvalue weighted by Gasteiger charge is 2.31. The number of benzene rings is 1. The summed E-state index contributed by atoms with van der Waals surface area (Å²) in [5, 5.41) is 17.4. The van der Waals surface area contributed by atoms with E-state index in [0.29, 0.717) is 51.4 Å². The molecule has 2 aliphatic rings. The summed E-state index contributed by atoms with van der Waals surface area (Å²) >= 11 is 1.31. The third-order valence-corrected chi connectivity index (χ3v) is 8.29. The third-order valence-electron chi connectivity index (χ3n) is 7.11. The first-order chi connectivity index (χ1) is 20.8. The van der Waals surface area contributed by atoms with Gasteiger partial charge in [-0.3, -0.25) is 14.4 Å². The summed E-state index contributed by atoms with van der Waals surface area (Å²) in [5.74, 6) is 0.0612. The van der Waals surface area contributed by atoms with Crippen LogP contribution in [-0.2, 0) is 9.53 Å².